The second kappa shape index (κ2) is 6.02. The number of hydrogen-bond acceptors (Lipinski definition) is 6. The maximum Gasteiger partial charge on any atom is 0.242 e. The molecule has 2 rings (SSSR count). The quantitative estimate of drug-likeness (QED) is 0.854. The Kier molecular flexibility index (Phi) is 4.35. The number of sulfonamides is 1. The van der Waals surface area contributed by atoms with Crippen molar-refractivity contribution in [3.63, 3.8) is 0 Å². The van der Waals surface area contributed by atoms with Gasteiger partial charge in [-0.3, -0.25) is 0 Å². The Morgan fingerprint density at radius 1 is 1.25 bits per heavy atom. The van der Waals surface area contributed by atoms with Gasteiger partial charge in [-0.1, -0.05) is 5.16 Å². The molecule has 1 aromatic heterocycles. The molecule has 108 valence electrons. The fraction of sp³-hybridized carbons (Fsp3) is 0.333. The number of benzene rings is 1. The van der Waals surface area contributed by atoms with E-state index in [-0.39, 0.29) is 4.90 Å². The van der Waals surface area contributed by atoms with Crippen molar-refractivity contribution in [1.82, 2.24) is 14.4 Å². The lowest BCUT2D eigenvalue weighted by Gasteiger charge is -2.12. The summed E-state index contributed by atoms with van der Waals surface area (Å²) in [5.41, 5.74) is 0.835. The van der Waals surface area contributed by atoms with Crippen molar-refractivity contribution in [2.24, 2.45) is 0 Å². The van der Waals surface area contributed by atoms with Crippen molar-refractivity contribution in [2.75, 3.05) is 26.0 Å². The van der Waals surface area contributed by atoms with E-state index in [9.17, 15) is 8.42 Å². The van der Waals surface area contributed by atoms with Gasteiger partial charge in [-0.15, -0.1) is 0 Å². The Bertz CT molecular complexity index is 636. The van der Waals surface area contributed by atoms with Crippen molar-refractivity contribution < 1.29 is 12.9 Å². The Hall–Kier alpha value is -1.93. The topological polar surface area (TPSA) is 88.3 Å². The normalized spacial score (nSPS) is 11.8. The Balaban J connectivity index is 1.95. The van der Waals surface area contributed by atoms with E-state index in [0.29, 0.717) is 18.9 Å². The molecule has 20 heavy (non-hydrogen) atoms. The minimum Gasteiger partial charge on any atom is -0.385 e. The summed E-state index contributed by atoms with van der Waals surface area (Å²) in [6.07, 6.45) is 1.97. The predicted octanol–water partition coefficient (Wildman–Crippen LogP) is 0.974. The first-order valence-electron chi connectivity index (χ1n) is 6.02. The molecule has 0 bridgehead atoms. The van der Waals surface area contributed by atoms with Gasteiger partial charge in [0.2, 0.25) is 15.9 Å². The first-order valence-corrected chi connectivity index (χ1v) is 7.46. The van der Waals surface area contributed by atoms with Gasteiger partial charge in [0, 0.05) is 32.7 Å². The Labute approximate surface area is 117 Å². The third-order valence-corrected chi connectivity index (χ3v) is 4.54. The lowest BCUT2D eigenvalue weighted by Crippen LogP contribution is -2.22. The second-order valence-electron chi connectivity index (χ2n) is 4.32. The van der Waals surface area contributed by atoms with Crippen LogP contribution in [0.4, 0.5) is 5.69 Å². The highest BCUT2D eigenvalue weighted by Gasteiger charge is 2.16. The van der Waals surface area contributed by atoms with Crippen LogP contribution in [0.1, 0.15) is 5.89 Å². The molecule has 0 amide bonds. The minimum absolute atomic E-state index is 0.268. The molecule has 0 saturated carbocycles. The van der Waals surface area contributed by atoms with Crippen LogP contribution in [0.5, 0.6) is 0 Å². The van der Waals surface area contributed by atoms with Crippen molar-refractivity contribution >= 4 is 15.7 Å². The molecule has 1 aromatic carbocycles. The average molecular weight is 296 g/mol. The van der Waals surface area contributed by atoms with Gasteiger partial charge >= 0.3 is 0 Å². The third-order valence-electron chi connectivity index (χ3n) is 2.71. The van der Waals surface area contributed by atoms with Crippen LogP contribution in [0.3, 0.4) is 0 Å². The third kappa shape index (κ3) is 3.34. The number of aromatic nitrogens is 2. The maximum absolute atomic E-state index is 11.9. The van der Waals surface area contributed by atoms with E-state index in [1.807, 2.05) is 0 Å². The van der Waals surface area contributed by atoms with E-state index in [0.717, 1.165) is 5.69 Å². The fourth-order valence-corrected chi connectivity index (χ4v) is 2.48. The summed E-state index contributed by atoms with van der Waals surface area (Å²) in [5, 5.41) is 6.67. The van der Waals surface area contributed by atoms with Crippen LogP contribution >= 0.6 is 0 Å². The molecule has 0 aliphatic rings. The molecule has 0 saturated heterocycles. The van der Waals surface area contributed by atoms with Crippen LogP contribution in [-0.4, -0.2) is 43.5 Å². The van der Waals surface area contributed by atoms with Crippen molar-refractivity contribution in [3.8, 4) is 0 Å². The molecule has 0 spiro atoms. The number of hydrogen-bond donors (Lipinski definition) is 1. The Morgan fingerprint density at radius 3 is 2.50 bits per heavy atom. The van der Waals surface area contributed by atoms with Gasteiger partial charge in [0.25, 0.3) is 0 Å². The van der Waals surface area contributed by atoms with Gasteiger partial charge in [0.05, 0.1) is 4.90 Å². The molecular weight excluding hydrogens is 280 g/mol. The van der Waals surface area contributed by atoms with Gasteiger partial charge in [-0.25, -0.2) is 12.7 Å². The highest BCUT2D eigenvalue weighted by atomic mass is 32.2. The molecule has 0 radical (unpaired) electrons. The summed E-state index contributed by atoms with van der Waals surface area (Å²) in [6, 6.07) is 6.60. The van der Waals surface area contributed by atoms with Crippen LogP contribution in [0, 0.1) is 0 Å². The minimum atomic E-state index is -3.38. The summed E-state index contributed by atoms with van der Waals surface area (Å²) in [4.78, 5) is 4.18. The summed E-state index contributed by atoms with van der Waals surface area (Å²) < 4.78 is 29.8. The molecule has 0 fully saturated rings. The van der Waals surface area contributed by atoms with Crippen LogP contribution in [0.15, 0.2) is 40.0 Å². The molecular formula is C12H16N4O3S. The second-order valence-corrected chi connectivity index (χ2v) is 6.48. The van der Waals surface area contributed by atoms with Gasteiger partial charge in [-0.05, 0) is 24.3 Å². The first-order chi connectivity index (χ1) is 9.50. The lowest BCUT2D eigenvalue weighted by atomic mass is 10.3. The van der Waals surface area contributed by atoms with Crippen molar-refractivity contribution in [3.05, 3.63) is 36.5 Å². The van der Waals surface area contributed by atoms with Gasteiger partial charge < -0.3 is 9.84 Å². The molecule has 0 aliphatic carbocycles. The first kappa shape index (κ1) is 14.5. The zero-order valence-corrected chi connectivity index (χ0v) is 12.1. The summed E-state index contributed by atoms with van der Waals surface area (Å²) >= 11 is 0. The van der Waals surface area contributed by atoms with E-state index < -0.39 is 10.0 Å². The maximum atomic E-state index is 11.9. The molecule has 1 heterocycles. The fourth-order valence-electron chi connectivity index (χ4n) is 1.58. The number of rotatable bonds is 6. The highest BCUT2D eigenvalue weighted by Crippen LogP contribution is 2.16. The van der Waals surface area contributed by atoms with E-state index in [2.05, 4.69) is 15.5 Å². The van der Waals surface area contributed by atoms with Crippen LogP contribution in [0.2, 0.25) is 0 Å². The van der Waals surface area contributed by atoms with E-state index in [4.69, 9.17) is 4.52 Å². The standard InChI is InChI=1S/C12H16N4O3S/c1-16(2)20(17,18)11-5-3-10(4-6-11)13-8-7-12-14-9-15-19-12/h3-6,9,13H,7-8H2,1-2H3. The van der Waals surface area contributed by atoms with Crippen molar-refractivity contribution in [1.29, 1.82) is 0 Å². The summed E-state index contributed by atoms with van der Waals surface area (Å²) in [5.74, 6) is 0.560. The van der Waals surface area contributed by atoms with Gasteiger partial charge in [0.1, 0.15) is 0 Å². The SMILES string of the molecule is CN(C)S(=O)(=O)c1ccc(NCCc2ncno2)cc1. The molecule has 7 nitrogen and oxygen atoms in total. The van der Waals surface area contributed by atoms with Crippen LogP contribution < -0.4 is 5.32 Å². The zero-order chi connectivity index (χ0) is 14.6. The van der Waals surface area contributed by atoms with E-state index in [1.54, 1.807) is 24.3 Å². The number of nitrogens with one attached hydrogen (secondary N) is 1. The molecule has 0 atom stereocenters. The summed E-state index contributed by atoms with van der Waals surface area (Å²) in [6.45, 7) is 0.627. The van der Waals surface area contributed by atoms with Crippen LogP contribution in [0.25, 0.3) is 0 Å². The molecule has 2 aromatic rings. The van der Waals surface area contributed by atoms with Gasteiger partial charge in [-0.2, -0.15) is 4.98 Å². The zero-order valence-electron chi connectivity index (χ0n) is 11.3. The van der Waals surface area contributed by atoms with Gasteiger partial charge in [0.15, 0.2) is 6.33 Å². The average Bonchev–Trinajstić information content (AvgIpc) is 2.92. The monoisotopic (exact) mass is 296 g/mol. The molecule has 8 heteroatoms. The largest absolute Gasteiger partial charge is 0.385 e. The van der Waals surface area contributed by atoms with E-state index in [1.165, 1.54) is 24.7 Å². The van der Waals surface area contributed by atoms with E-state index >= 15 is 0 Å². The number of anilines is 1. The Morgan fingerprint density at radius 2 is 1.95 bits per heavy atom. The smallest absolute Gasteiger partial charge is 0.242 e. The number of nitrogens with zero attached hydrogens (tertiary/aromatic N) is 3. The molecule has 0 unspecified atom stereocenters. The van der Waals surface area contributed by atoms with Crippen molar-refractivity contribution in [2.45, 2.75) is 11.3 Å². The lowest BCUT2D eigenvalue weighted by molar-refractivity contribution is 0.380. The summed E-state index contributed by atoms with van der Waals surface area (Å²) in [7, 11) is -0.366. The van der Waals surface area contributed by atoms with Crippen LogP contribution in [-0.2, 0) is 16.4 Å². The highest BCUT2D eigenvalue weighted by molar-refractivity contribution is 7.89. The predicted molar refractivity (Wildman–Crippen MR) is 73.8 cm³/mol. The molecule has 1 N–H and O–H groups in total. The molecule has 0 aliphatic heterocycles.